The van der Waals surface area contributed by atoms with Crippen molar-refractivity contribution in [2.45, 2.75) is 71.1 Å². The number of aromatic nitrogens is 3. The molecule has 9 heteroatoms. The molecule has 2 amide bonds. The predicted molar refractivity (Wildman–Crippen MR) is 100 cm³/mol. The monoisotopic (exact) mass is 391 g/mol. The first-order valence-electron chi connectivity index (χ1n) is 9.72. The highest BCUT2D eigenvalue weighted by Gasteiger charge is 2.46. The van der Waals surface area contributed by atoms with Gasteiger partial charge in [-0.25, -0.2) is 4.68 Å². The summed E-state index contributed by atoms with van der Waals surface area (Å²) in [6.07, 6.45) is 3.83. The zero-order chi connectivity index (χ0) is 20.6. The summed E-state index contributed by atoms with van der Waals surface area (Å²) in [6, 6.07) is -1.30. The van der Waals surface area contributed by atoms with Gasteiger partial charge >= 0.3 is 5.97 Å². The number of carbonyl (C=O) groups is 3. The van der Waals surface area contributed by atoms with Gasteiger partial charge in [-0.05, 0) is 18.3 Å². The third-order valence-electron chi connectivity index (χ3n) is 5.27. The summed E-state index contributed by atoms with van der Waals surface area (Å²) in [5, 5.41) is 11.1. The van der Waals surface area contributed by atoms with E-state index in [-0.39, 0.29) is 24.8 Å². The van der Waals surface area contributed by atoms with Crippen molar-refractivity contribution in [1.82, 2.24) is 25.2 Å². The van der Waals surface area contributed by atoms with Crippen LogP contribution in [-0.4, -0.2) is 63.4 Å². The number of hydrogen-bond donors (Lipinski definition) is 1. The molecule has 0 spiro atoms. The molecule has 1 aliphatic carbocycles. The number of likely N-dealkylation sites (N-methyl/N-ethyl adjacent to an activating group) is 1. The third kappa shape index (κ3) is 4.18. The molecule has 1 saturated heterocycles. The van der Waals surface area contributed by atoms with Crippen LogP contribution in [0.15, 0.2) is 6.20 Å². The number of hydrogen-bond acceptors (Lipinski definition) is 6. The van der Waals surface area contributed by atoms with Crippen molar-refractivity contribution in [3.63, 3.8) is 0 Å². The lowest BCUT2D eigenvalue weighted by atomic mass is 9.85. The smallest absolute Gasteiger partial charge is 0.302 e. The summed E-state index contributed by atoms with van der Waals surface area (Å²) >= 11 is 0. The average molecular weight is 391 g/mol. The summed E-state index contributed by atoms with van der Waals surface area (Å²) < 4.78 is 6.90. The molecule has 0 aromatic carbocycles. The lowest BCUT2D eigenvalue weighted by Gasteiger charge is -2.34. The molecule has 3 atom stereocenters. The van der Waals surface area contributed by atoms with E-state index in [9.17, 15) is 14.4 Å². The van der Waals surface area contributed by atoms with Crippen molar-refractivity contribution in [3.05, 3.63) is 11.9 Å². The zero-order valence-corrected chi connectivity index (χ0v) is 17.1. The van der Waals surface area contributed by atoms with Crippen LogP contribution in [0.25, 0.3) is 0 Å². The number of nitrogens with zero attached hydrogens (tertiary/aromatic N) is 4. The fourth-order valence-corrected chi connectivity index (χ4v) is 3.80. The summed E-state index contributed by atoms with van der Waals surface area (Å²) in [5.41, 5.74) is 0.461. The molecule has 154 valence electrons. The predicted octanol–water partition coefficient (Wildman–Crippen LogP) is 1.02. The summed E-state index contributed by atoms with van der Waals surface area (Å²) in [4.78, 5) is 38.8. The molecule has 9 nitrogen and oxygen atoms in total. The van der Waals surface area contributed by atoms with Gasteiger partial charge in [0.25, 0.3) is 0 Å². The molecule has 0 bridgehead atoms. The lowest BCUT2D eigenvalue weighted by Crippen LogP contribution is -2.49. The van der Waals surface area contributed by atoms with Gasteiger partial charge in [-0.3, -0.25) is 14.4 Å². The number of nitrogens with one attached hydrogen (secondary N) is 1. The van der Waals surface area contributed by atoms with Gasteiger partial charge in [0.15, 0.2) is 0 Å². The molecule has 1 aromatic heterocycles. The fourth-order valence-electron chi connectivity index (χ4n) is 3.80. The maximum Gasteiger partial charge on any atom is 0.302 e. The fraction of sp³-hybridized carbons (Fsp3) is 0.737. The molecule has 2 fully saturated rings. The number of ether oxygens (including phenoxy) is 1. The van der Waals surface area contributed by atoms with Crippen LogP contribution in [-0.2, 0) is 19.1 Å². The summed E-state index contributed by atoms with van der Waals surface area (Å²) in [6.45, 7) is 7.40. The Balaban J connectivity index is 1.88. The molecule has 1 saturated carbocycles. The Morgan fingerprint density at radius 2 is 1.96 bits per heavy atom. The van der Waals surface area contributed by atoms with Gasteiger partial charge in [0.1, 0.15) is 18.2 Å². The van der Waals surface area contributed by atoms with E-state index < -0.39 is 29.6 Å². The largest absolute Gasteiger partial charge is 0.461 e. The van der Waals surface area contributed by atoms with Gasteiger partial charge in [0.05, 0.1) is 12.2 Å². The average Bonchev–Trinajstić information content (AvgIpc) is 3.19. The van der Waals surface area contributed by atoms with E-state index in [1.807, 2.05) is 27.0 Å². The quantitative estimate of drug-likeness (QED) is 0.751. The molecule has 2 aliphatic rings. The van der Waals surface area contributed by atoms with Gasteiger partial charge in [0.2, 0.25) is 11.8 Å². The second-order valence-electron chi connectivity index (χ2n) is 8.75. The molecule has 1 aliphatic heterocycles. The van der Waals surface area contributed by atoms with Crippen molar-refractivity contribution in [1.29, 1.82) is 0 Å². The van der Waals surface area contributed by atoms with Crippen LogP contribution in [0.1, 0.15) is 64.6 Å². The van der Waals surface area contributed by atoms with E-state index in [0.717, 1.165) is 18.5 Å². The van der Waals surface area contributed by atoms with Crippen LogP contribution in [0.5, 0.6) is 0 Å². The van der Waals surface area contributed by atoms with Crippen LogP contribution in [0, 0.1) is 5.41 Å². The van der Waals surface area contributed by atoms with Gasteiger partial charge in [-0.2, -0.15) is 0 Å². The minimum atomic E-state index is -0.682. The van der Waals surface area contributed by atoms with Crippen LogP contribution >= 0.6 is 0 Å². The molecular weight excluding hydrogens is 362 g/mol. The maximum atomic E-state index is 13.6. The Labute approximate surface area is 164 Å². The van der Waals surface area contributed by atoms with Gasteiger partial charge in [-0.1, -0.05) is 26.0 Å². The van der Waals surface area contributed by atoms with Gasteiger partial charge in [-0.15, -0.1) is 5.10 Å². The normalized spacial score (nSPS) is 23.4. The van der Waals surface area contributed by atoms with E-state index in [1.165, 1.54) is 18.9 Å². The summed E-state index contributed by atoms with van der Waals surface area (Å²) in [7, 11) is 1.53. The Morgan fingerprint density at radius 3 is 2.50 bits per heavy atom. The second kappa shape index (κ2) is 7.52. The maximum absolute atomic E-state index is 13.6. The van der Waals surface area contributed by atoms with E-state index in [2.05, 4.69) is 15.6 Å². The van der Waals surface area contributed by atoms with E-state index >= 15 is 0 Å². The van der Waals surface area contributed by atoms with Crippen molar-refractivity contribution >= 4 is 17.8 Å². The molecule has 28 heavy (non-hydrogen) atoms. The highest BCUT2D eigenvalue weighted by Crippen LogP contribution is 2.40. The molecule has 1 aromatic rings. The number of carbonyl (C=O) groups excluding carboxylic acids is 3. The van der Waals surface area contributed by atoms with E-state index in [0.29, 0.717) is 5.92 Å². The van der Waals surface area contributed by atoms with Crippen LogP contribution in [0.4, 0.5) is 0 Å². The second-order valence-corrected chi connectivity index (χ2v) is 8.75. The topological polar surface area (TPSA) is 106 Å². The Kier molecular flexibility index (Phi) is 5.45. The van der Waals surface area contributed by atoms with E-state index in [1.54, 1.807) is 4.68 Å². The van der Waals surface area contributed by atoms with Crippen molar-refractivity contribution in [2.75, 3.05) is 13.6 Å². The first-order valence-corrected chi connectivity index (χ1v) is 9.72. The van der Waals surface area contributed by atoms with Gasteiger partial charge in [0, 0.05) is 32.5 Å². The van der Waals surface area contributed by atoms with E-state index in [4.69, 9.17) is 4.74 Å². The van der Waals surface area contributed by atoms with Crippen molar-refractivity contribution < 1.29 is 19.1 Å². The van der Waals surface area contributed by atoms with Crippen molar-refractivity contribution in [2.24, 2.45) is 5.41 Å². The SMILES string of the molecule is CNC(=O)[C@@H]1C[C@@H](OC(C)=O)CN1C(=O)[C@H](n1cc(C2CC2)nn1)C(C)(C)C. The number of rotatable bonds is 5. The number of amides is 2. The lowest BCUT2D eigenvalue weighted by molar-refractivity contribution is -0.147. The Bertz CT molecular complexity index is 765. The van der Waals surface area contributed by atoms with Crippen molar-refractivity contribution in [3.8, 4) is 0 Å². The molecule has 3 rings (SSSR count). The molecular formula is C19H29N5O4. The van der Waals surface area contributed by atoms with Crippen LogP contribution < -0.4 is 5.32 Å². The zero-order valence-electron chi connectivity index (χ0n) is 17.1. The summed E-state index contributed by atoms with van der Waals surface area (Å²) in [5.74, 6) is -0.480. The van der Waals surface area contributed by atoms with Gasteiger partial charge < -0.3 is 15.0 Å². The standard InChI is InChI=1S/C19H29N5O4/c1-11(25)28-13-8-15(17(26)20-5)23(9-13)18(27)16(19(2,3)4)24-10-14(21-22-24)12-6-7-12/h10,12-13,15-16H,6-9H2,1-5H3,(H,20,26)/t13-,15+,16+/m1/s1. The van der Waals surface area contributed by atoms with Crippen LogP contribution in [0.3, 0.4) is 0 Å². The molecule has 0 unspecified atom stereocenters. The van der Waals surface area contributed by atoms with Crippen LogP contribution in [0.2, 0.25) is 0 Å². The number of esters is 1. The first-order chi connectivity index (χ1) is 13.1. The molecule has 0 radical (unpaired) electrons. The Hall–Kier alpha value is -2.45. The molecule has 1 N–H and O–H groups in total. The highest BCUT2D eigenvalue weighted by atomic mass is 16.5. The Morgan fingerprint density at radius 1 is 1.29 bits per heavy atom. The number of likely N-dealkylation sites (tertiary alicyclic amines) is 1. The highest BCUT2D eigenvalue weighted by molar-refractivity contribution is 5.90. The first kappa shape index (κ1) is 20.3. The minimum Gasteiger partial charge on any atom is -0.461 e. The minimum absolute atomic E-state index is 0.188. The third-order valence-corrected chi connectivity index (χ3v) is 5.27. The molecule has 2 heterocycles.